The van der Waals surface area contributed by atoms with Crippen molar-refractivity contribution in [2.24, 2.45) is 11.7 Å². The van der Waals surface area contributed by atoms with Crippen LogP contribution < -0.4 is 11.1 Å². The maximum atomic E-state index is 10.8. The zero-order valence-electron chi connectivity index (χ0n) is 10.1. The predicted molar refractivity (Wildman–Crippen MR) is 58.7 cm³/mol. The van der Waals surface area contributed by atoms with Gasteiger partial charge in [0, 0.05) is 0 Å². The molecule has 16 heavy (non-hydrogen) atoms. The van der Waals surface area contributed by atoms with E-state index in [4.69, 9.17) is 10.3 Å². The number of aromatic nitrogens is 2. The Balaban J connectivity index is 2.77. The number of nitrogens with one attached hydrogen (secondary N) is 1. The van der Waals surface area contributed by atoms with Gasteiger partial charge in [0.1, 0.15) is 0 Å². The first-order valence-electron chi connectivity index (χ1n) is 5.22. The Morgan fingerprint density at radius 3 is 2.62 bits per heavy atom. The van der Waals surface area contributed by atoms with Crippen molar-refractivity contribution in [1.82, 2.24) is 15.5 Å². The van der Waals surface area contributed by atoms with Crippen LogP contribution in [-0.2, 0) is 5.54 Å². The van der Waals surface area contributed by atoms with Crippen LogP contribution in [0.3, 0.4) is 0 Å². The third-order valence-corrected chi connectivity index (χ3v) is 2.15. The van der Waals surface area contributed by atoms with Crippen molar-refractivity contribution in [3.63, 3.8) is 0 Å². The number of primary amides is 1. The normalized spacial score (nSPS) is 12.1. The van der Waals surface area contributed by atoms with E-state index in [9.17, 15) is 4.79 Å². The highest BCUT2D eigenvalue weighted by molar-refractivity contribution is 5.87. The van der Waals surface area contributed by atoms with Crippen LogP contribution in [-0.4, -0.2) is 22.6 Å². The van der Waals surface area contributed by atoms with E-state index in [-0.39, 0.29) is 5.89 Å². The van der Waals surface area contributed by atoms with Crippen LogP contribution in [0.2, 0.25) is 0 Å². The van der Waals surface area contributed by atoms with E-state index >= 15 is 0 Å². The summed E-state index contributed by atoms with van der Waals surface area (Å²) in [7, 11) is 0. The number of nitrogens with two attached hydrogens (primary N) is 1. The van der Waals surface area contributed by atoms with Crippen molar-refractivity contribution in [1.29, 1.82) is 0 Å². The molecular weight excluding hydrogens is 208 g/mol. The van der Waals surface area contributed by atoms with Gasteiger partial charge in [0.05, 0.1) is 5.54 Å². The van der Waals surface area contributed by atoms with Crippen LogP contribution in [0, 0.1) is 5.92 Å². The van der Waals surface area contributed by atoms with E-state index in [0.717, 1.165) is 6.54 Å². The van der Waals surface area contributed by atoms with Crippen LogP contribution >= 0.6 is 0 Å². The van der Waals surface area contributed by atoms with Crippen molar-refractivity contribution in [2.75, 3.05) is 6.54 Å². The van der Waals surface area contributed by atoms with Gasteiger partial charge in [0.25, 0.3) is 0 Å². The van der Waals surface area contributed by atoms with E-state index in [1.807, 2.05) is 13.8 Å². The van der Waals surface area contributed by atoms with Crippen molar-refractivity contribution in [2.45, 2.75) is 33.2 Å². The number of amides is 1. The summed E-state index contributed by atoms with van der Waals surface area (Å²) in [5.74, 6) is 0.0802. The molecule has 0 atom stereocenters. The topological polar surface area (TPSA) is 94.0 Å². The van der Waals surface area contributed by atoms with Gasteiger partial charge in [-0.15, -0.1) is 0 Å². The van der Waals surface area contributed by atoms with Gasteiger partial charge >= 0.3 is 11.8 Å². The second-order valence-electron chi connectivity index (χ2n) is 4.69. The Morgan fingerprint density at radius 2 is 2.19 bits per heavy atom. The largest absolute Gasteiger partial charge is 0.361 e. The number of nitrogens with zero attached hydrogens (tertiary/aromatic N) is 2. The zero-order valence-corrected chi connectivity index (χ0v) is 10.1. The number of carbonyl (C=O) groups is 1. The Hall–Kier alpha value is -1.43. The molecule has 90 valence electrons. The standard InChI is InChI=1S/C10H18N4O2/c1-6(2)5-12-10(3,4)9-13-8(7(11)15)16-14-9/h6,12H,5H2,1-4H3,(H2,11,15). The van der Waals surface area contributed by atoms with Gasteiger partial charge in [0.15, 0.2) is 5.82 Å². The van der Waals surface area contributed by atoms with E-state index < -0.39 is 11.4 Å². The average Bonchev–Trinajstić information content (AvgIpc) is 2.64. The Kier molecular flexibility index (Phi) is 3.64. The van der Waals surface area contributed by atoms with E-state index in [2.05, 4.69) is 29.3 Å². The first-order chi connectivity index (χ1) is 7.33. The molecule has 1 rings (SSSR count). The predicted octanol–water partition coefficient (Wildman–Crippen LogP) is 0.649. The Labute approximate surface area is 94.6 Å². The molecule has 0 aliphatic heterocycles. The van der Waals surface area contributed by atoms with Crippen LogP contribution in [0.4, 0.5) is 0 Å². The smallest absolute Gasteiger partial charge is 0.315 e. The number of rotatable bonds is 5. The fourth-order valence-electron chi connectivity index (χ4n) is 1.12. The molecule has 0 fully saturated rings. The van der Waals surface area contributed by atoms with Crippen molar-refractivity contribution in [3.8, 4) is 0 Å². The SMILES string of the molecule is CC(C)CNC(C)(C)c1noc(C(N)=O)n1. The lowest BCUT2D eigenvalue weighted by Crippen LogP contribution is -2.39. The minimum absolute atomic E-state index is 0.158. The summed E-state index contributed by atoms with van der Waals surface area (Å²) in [4.78, 5) is 14.8. The maximum Gasteiger partial charge on any atom is 0.315 e. The van der Waals surface area contributed by atoms with Crippen LogP contribution in [0.15, 0.2) is 4.52 Å². The first-order valence-corrected chi connectivity index (χ1v) is 5.22. The van der Waals surface area contributed by atoms with E-state index in [1.165, 1.54) is 0 Å². The summed E-state index contributed by atoms with van der Waals surface area (Å²) in [6.07, 6.45) is 0. The third-order valence-electron chi connectivity index (χ3n) is 2.15. The fraction of sp³-hybridized carbons (Fsp3) is 0.700. The minimum atomic E-state index is -0.710. The van der Waals surface area contributed by atoms with Crippen molar-refractivity contribution >= 4 is 5.91 Å². The van der Waals surface area contributed by atoms with E-state index in [0.29, 0.717) is 11.7 Å². The minimum Gasteiger partial charge on any atom is -0.361 e. The Morgan fingerprint density at radius 1 is 1.56 bits per heavy atom. The molecule has 0 aliphatic carbocycles. The molecular formula is C10H18N4O2. The summed E-state index contributed by atoms with van der Waals surface area (Å²) in [6, 6.07) is 0. The molecule has 3 N–H and O–H groups in total. The highest BCUT2D eigenvalue weighted by atomic mass is 16.5. The molecule has 1 amide bonds. The molecule has 0 aliphatic rings. The third kappa shape index (κ3) is 3.03. The second-order valence-corrected chi connectivity index (χ2v) is 4.69. The lowest BCUT2D eigenvalue weighted by Gasteiger charge is -2.23. The molecule has 6 nitrogen and oxygen atoms in total. The van der Waals surface area contributed by atoms with Gasteiger partial charge in [-0.1, -0.05) is 19.0 Å². The summed E-state index contributed by atoms with van der Waals surface area (Å²) in [5.41, 5.74) is 4.59. The molecule has 0 unspecified atom stereocenters. The fourth-order valence-corrected chi connectivity index (χ4v) is 1.12. The van der Waals surface area contributed by atoms with Gasteiger partial charge in [0.2, 0.25) is 0 Å². The first kappa shape index (κ1) is 12.6. The van der Waals surface area contributed by atoms with Gasteiger partial charge in [-0.25, -0.2) is 0 Å². The molecule has 0 spiro atoms. The maximum absolute atomic E-state index is 10.8. The molecule has 0 radical (unpaired) electrons. The highest BCUT2D eigenvalue weighted by Gasteiger charge is 2.27. The monoisotopic (exact) mass is 226 g/mol. The lowest BCUT2D eigenvalue weighted by atomic mass is 10.0. The molecule has 0 aromatic carbocycles. The van der Waals surface area contributed by atoms with Gasteiger partial charge in [-0.05, 0) is 26.3 Å². The van der Waals surface area contributed by atoms with Crippen LogP contribution in [0.25, 0.3) is 0 Å². The number of hydrogen-bond acceptors (Lipinski definition) is 5. The number of carbonyl (C=O) groups excluding carboxylic acids is 1. The lowest BCUT2D eigenvalue weighted by molar-refractivity contribution is 0.0958. The molecule has 6 heteroatoms. The summed E-state index contributed by atoms with van der Waals surface area (Å²) in [5, 5.41) is 7.03. The average molecular weight is 226 g/mol. The van der Waals surface area contributed by atoms with Gasteiger partial charge < -0.3 is 15.6 Å². The summed E-state index contributed by atoms with van der Waals surface area (Å²) in [6.45, 7) is 8.88. The molecule has 1 aromatic rings. The van der Waals surface area contributed by atoms with Gasteiger partial charge in [-0.3, -0.25) is 4.79 Å². The molecule has 0 saturated carbocycles. The van der Waals surface area contributed by atoms with Crippen LogP contribution in [0.1, 0.15) is 44.2 Å². The van der Waals surface area contributed by atoms with Crippen LogP contribution in [0.5, 0.6) is 0 Å². The highest BCUT2D eigenvalue weighted by Crippen LogP contribution is 2.16. The second kappa shape index (κ2) is 4.61. The molecule has 1 aromatic heterocycles. The summed E-state index contributed by atoms with van der Waals surface area (Å²) < 4.78 is 4.74. The molecule has 1 heterocycles. The van der Waals surface area contributed by atoms with Crippen molar-refractivity contribution in [3.05, 3.63) is 11.7 Å². The Bertz CT molecular complexity index is 371. The quantitative estimate of drug-likeness (QED) is 0.768. The van der Waals surface area contributed by atoms with E-state index in [1.54, 1.807) is 0 Å². The number of hydrogen-bond donors (Lipinski definition) is 2. The molecule has 0 saturated heterocycles. The zero-order chi connectivity index (χ0) is 12.3. The molecule has 0 bridgehead atoms. The summed E-state index contributed by atoms with van der Waals surface area (Å²) >= 11 is 0. The van der Waals surface area contributed by atoms with Gasteiger partial charge in [-0.2, -0.15) is 4.98 Å². The van der Waals surface area contributed by atoms with Crippen molar-refractivity contribution < 1.29 is 9.32 Å².